The van der Waals surface area contributed by atoms with Crippen LogP contribution in [0.4, 0.5) is 15.8 Å². The van der Waals surface area contributed by atoms with Crippen LogP contribution in [0.5, 0.6) is 5.75 Å². The molecule has 4 rings (SSSR count). The first kappa shape index (κ1) is 24.2. The molecule has 0 spiro atoms. The third kappa shape index (κ3) is 5.42. The van der Waals surface area contributed by atoms with Gasteiger partial charge in [0.25, 0.3) is 17.5 Å². The van der Waals surface area contributed by atoms with Crippen LogP contribution in [0, 0.1) is 15.9 Å². The SMILES string of the molecule is O=C1NC(=S)N(c2ccc(F)cc2)C(=O)/C1=C\c1ccc(OCc2cccc([N+](=O)[O-])c2)c(Br)c1. The van der Waals surface area contributed by atoms with Crippen LogP contribution in [0.2, 0.25) is 0 Å². The van der Waals surface area contributed by atoms with Gasteiger partial charge in [-0.2, -0.15) is 0 Å². The molecule has 0 aromatic heterocycles. The molecule has 0 bridgehead atoms. The van der Waals surface area contributed by atoms with Crippen LogP contribution < -0.4 is 15.0 Å². The van der Waals surface area contributed by atoms with E-state index in [-0.39, 0.29) is 23.0 Å². The van der Waals surface area contributed by atoms with Crippen molar-refractivity contribution in [2.45, 2.75) is 6.61 Å². The highest BCUT2D eigenvalue weighted by molar-refractivity contribution is 9.10. The number of nitro benzene ring substituents is 1. The summed E-state index contributed by atoms with van der Waals surface area (Å²) in [4.78, 5) is 37.1. The summed E-state index contributed by atoms with van der Waals surface area (Å²) in [6, 6.07) is 16.2. The highest BCUT2D eigenvalue weighted by atomic mass is 79.9. The van der Waals surface area contributed by atoms with Crippen molar-refractivity contribution in [2.75, 3.05) is 4.90 Å². The molecule has 0 atom stereocenters. The standard InChI is InChI=1S/C24H15BrFN3O5S/c25-20-12-14(4-9-21(20)34-13-15-2-1-3-18(10-15)29(32)33)11-19-22(30)27-24(35)28(23(19)31)17-7-5-16(26)6-8-17/h1-12H,13H2,(H,27,30,35)/b19-11-. The molecule has 0 aliphatic carbocycles. The molecule has 3 aromatic rings. The minimum absolute atomic E-state index is 0.0308. The quantitative estimate of drug-likeness (QED) is 0.152. The van der Waals surface area contributed by atoms with Gasteiger partial charge in [0.05, 0.1) is 15.1 Å². The zero-order chi connectivity index (χ0) is 25.1. The number of hydrogen-bond donors (Lipinski definition) is 1. The monoisotopic (exact) mass is 555 g/mol. The number of nitrogens with zero attached hydrogens (tertiary/aromatic N) is 2. The van der Waals surface area contributed by atoms with Crippen molar-refractivity contribution in [1.82, 2.24) is 5.32 Å². The smallest absolute Gasteiger partial charge is 0.270 e. The summed E-state index contributed by atoms with van der Waals surface area (Å²) in [5.74, 6) is -1.30. The molecule has 176 valence electrons. The number of hydrogen-bond acceptors (Lipinski definition) is 6. The Kier molecular flexibility index (Phi) is 6.99. The van der Waals surface area contributed by atoms with E-state index in [9.17, 15) is 24.1 Å². The molecule has 3 aromatic carbocycles. The number of amides is 2. The molecule has 1 heterocycles. The summed E-state index contributed by atoms with van der Waals surface area (Å²) < 4.78 is 19.6. The number of non-ortho nitro benzene ring substituents is 1. The van der Waals surface area contributed by atoms with Crippen LogP contribution in [-0.4, -0.2) is 21.9 Å². The molecule has 0 radical (unpaired) electrons. The van der Waals surface area contributed by atoms with Crippen LogP contribution in [0.15, 0.2) is 76.8 Å². The minimum Gasteiger partial charge on any atom is -0.488 e. The number of rotatable bonds is 6. The Morgan fingerprint density at radius 1 is 1.11 bits per heavy atom. The van der Waals surface area contributed by atoms with Crippen LogP contribution in [0.25, 0.3) is 6.08 Å². The number of halogens is 2. The van der Waals surface area contributed by atoms with Crippen LogP contribution in [0.1, 0.15) is 11.1 Å². The van der Waals surface area contributed by atoms with Gasteiger partial charge in [-0.05, 0) is 81.7 Å². The van der Waals surface area contributed by atoms with E-state index in [0.29, 0.717) is 27.0 Å². The van der Waals surface area contributed by atoms with E-state index in [4.69, 9.17) is 17.0 Å². The van der Waals surface area contributed by atoms with Gasteiger partial charge in [-0.25, -0.2) is 4.39 Å². The predicted octanol–water partition coefficient (Wildman–Crippen LogP) is 4.91. The maximum Gasteiger partial charge on any atom is 0.270 e. The highest BCUT2D eigenvalue weighted by Gasteiger charge is 2.34. The van der Waals surface area contributed by atoms with Crippen molar-refractivity contribution in [1.29, 1.82) is 0 Å². The number of anilines is 1. The van der Waals surface area contributed by atoms with Crippen LogP contribution >= 0.6 is 28.1 Å². The lowest BCUT2D eigenvalue weighted by Gasteiger charge is -2.28. The Hall–Kier alpha value is -3.96. The lowest BCUT2D eigenvalue weighted by molar-refractivity contribution is -0.384. The second-order valence-electron chi connectivity index (χ2n) is 7.34. The Bertz CT molecular complexity index is 1390. The van der Waals surface area contributed by atoms with E-state index in [1.54, 1.807) is 30.3 Å². The van der Waals surface area contributed by atoms with Crippen molar-refractivity contribution in [3.63, 3.8) is 0 Å². The lowest BCUT2D eigenvalue weighted by Crippen LogP contribution is -2.54. The molecule has 2 amide bonds. The summed E-state index contributed by atoms with van der Waals surface area (Å²) in [5.41, 5.74) is 1.29. The highest BCUT2D eigenvalue weighted by Crippen LogP contribution is 2.29. The molecule has 8 nitrogen and oxygen atoms in total. The zero-order valence-corrected chi connectivity index (χ0v) is 20.1. The summed E-state index contributed by atoms with van der Waals surface area (Å²) in [5, 5.41) is 13.3. The van der Waals surface area contributed by atoms with Gasteiger partial charge in [-0.1, -0.05) is 18.2 Å². The van der Waals surface area contributed by atoms with Crippen molar-refractivity contribution in [2.24, 2.45) is 0 Å². The van der Waals surface area contributed by atoms with E-state index in [2.05, 4.69) is 21.2 Å². The number of benzene rings is 3. The van der Waals surface area contributed by atoms with Gasteiger partial charge >= 0.3 is 0 Å². The maximum absolute atomic E-state index is 13.3. The first-order chi connectivity index (χ1) is 16.7. The van der Waals surface area contributed by atoms with Gasteiger partial charge in [-0.3, -0.25) is 29.9 Å². The minimum atomic E-state index is -0.652. The molecule has 1 saturated heterocycles. The molecule has 1 aliphatic rings. The topological polar surface area (TPSA) is 102 Å². The van der Waals surface area contributed by atoms with E-state index in [1.807, 2.05) is 0 Å². The number of carbonyl (C=O) groups is 2. The van der Waals surface area contributed by atoms with Gasteiger partial charge in [-0.15, -0.1) is 0 Å². The first-order valence-corrected chi connectivity index (χ1v) is 11.3. The average molecular weight is 556 g/mol. The number of ether oxygens (including phenoxy) is 1. The summed E-state index contributed by atoms with van der Waals surface area (Å²) >= 11 is 8.54. The van der Waals surface area contributed by atoms with E-state index in [0.717, 1.165) is 4.90 Å². The van der Waals surface area contributed by atoms with Crippen molar-refractivity contribution >= 4 is 62.5 Å². The molecular weight excluding hydrogens is 541 g/mol. The van der Waals surface area contributed by atoms with E-state index in [1.165, 1.54) is 42.5 Å². The summed E-state index contributed by atoms with van der Waals surface area (Å²) in [7, 11) is 0. The van der Waals surface area contributed by atoms with Gasteiger partial charge in [0.1, 0.15) is 23.7 Å². The Balaban J connectivity index is 1.54. The number of nitro groups is 1. The van der Waals surface area contributed by atoms with Crippen molar-refractivity contribution in [3.05, 3.63) is 104 Å². The van der Waals surface area contributed by atoms with E-state index >= 15 is 0 Å². The maximum atomic E-state index is 13.3. The number of thiocarbonyl (C=S) groups is 1. The molecule has 0 saturated carbocycles. The zero-order valence-electron chi connectivity index (χ0n) is 17.7. The normalized spacial score (nSPS) is 14.7. The third-order valence-corrected chi connectivity index (χ3v) is 5.87. The van der Waals surface area contributed by atoms with E-state index < -0.39 is 22.6 Å². The van der Waals surface area contributed by atoms with Gasteiger partial charge in [0.15, 0.2) is 5.11 Å². The molecule has 1 aliphatic heterocycles. The van der Waals surface area contributed by atoms with Gasteiger partial charge < -0.3 is 4.74 Å². The second kappa shape index (κ2) is 10.1. The Morgan fingerprint density at radius 3 is 2.54 bits per heavy atom. The fourth-order valence-electron chi connectivity index (χ4n) is 3.29. The average Bonchev–Trinajstić information content (AvgIpc) is 2.82. The Labute approximate surface area is 212 Å². The molecule has 0 unspecified atom stereocenters. The van der Waals surface area contributed by atoms with Crippen LogP contribution in [0.3, 0.4) is 0 Å². The molecule has 11 heteroatoms. The summed E-state index contributed by atoms with van der Waals surface area (Å²) in [6.07, 6.45) is 1.41. The number of carbonyl (C=O) groups excluding carboxylic acids is 2. The molecular formula is C24H15BrFN3O5S. The molecule has 1 N–H and O–H groups in total. The molecule has 1 fully saturated rings. The predicted molar refractivity (Wildman–Crippen MR) is 134 cm³/mol. The largest absolute Gasteiger partial charge is 0.488 e. The first-order valence-electron chi connectivity index (χ1n) is 10.1. The van der Waals surface area contributed by atoms with Gasteiger partial charge in [0, 0.05) is 12.1 Å². The van der Waals surface area contributed by atoms with Gasteiger partial charge in [0.2, 0.25) is 0 Å². The number of nitrogens with one attached hydrogen (secondary N) is 1. The fraction of sp³-hybridized carbons (Fsp3) is 0.0417. The van der Waals surface area contributed by atoms with Crippen molar-refractivity contribution < 1.29 is 23.6 Å². The second-order valence-corrected chi connectivity index (χ2v) is 8.58. The molecule has 35 heavy (non-hydrogen) atoms. The van der Waals surface area contributed by atoms with Crippen molar-refractivity contribution in [3.8, 4) is 5.75 Å². The fourth-order valence-corrected chi connectivity index (χ4v) is 4.09. The third-order valence-electron chi connectivity index (χ3n) is 4.97. The summed E-state index contributed by atoms with van der Waals surface area (Å²) in [6.45, 7) is 0.103. The lowest BCUT2D eigenvalue weighted by atomic mass is 10.1. The Morgan fingerprint density at radius 2 is 1.86 bits per heavy atom. The van der Waals surface area contributed by atoms with Crippen LogP contribution in [-0.2, 0) is 16.2 Å².